The number of non-ortho nitro benzene ring substituents is 2. The number of hydrogen-bond acceptors (Lipinski definition) is 12. The zero-order valence-electron chi connectivity index (χ0n) is 13.9. The van der Waals surface area contributed by atoms with Gasteiger partial charge in [0.2, 0.25) is 0 Å². The van der Waals surface area contributed by atoms with E-state index in [-0.39, 0.29) is 42.6 Å². The maximum atomic E-state index is 11.8. The highest BCUT2D eigenvalue weighted by Gasteiger charge is 2.33. The lowest BCUT2D eigenvalue weighted by Gasteiger charge is -1.98. The Labute approximate surface area is 157 Å². The van der Waals surface area contributed by atoms with Crippen LogP contribution in [0.5, 0.6) is 0 Å². The van der Waals surface area contributed by atoms with E-state index in [1.165, 1.54) is 0 Å². The second-order valence-corrected chi connectivity index (χ2v) is 6.07. The Hall–Kier alpha value is -5.16. The molecule has 0 unspecified atom stereocenters. The molecule has 6 rings (SSSR count). The second kappa shape index (κ2) is 4.81. The topological polar surface area (TPSA) is 224 Å². The van der Waals surface area contributed by atoms with Gasteiger partial charge in [-0.15, -0.1) is 19.5 Å². The molecular weight excluding hydrogens is 412 g/mol. The van der Waals surface area contributed by atoms with E-state index in [4.69, 9.17) is 0 Å². The van der Waals surface area contributed by atoms with Crippen LogP contribution >= 0.6 is 0 Å². The number of aromatic nitrogens is 8. The van der Waals surface area contributed by atoms with Gasteiger partial charge in [-0.05, 0) is 9.54 Å². The monoisotopic (exact) mass is 414 g/mol. The highest BCUT2D eigenvalue weighted by molar-refractivity contribution is 6.06. The highest BCUT2D eigenvalue weighted by Crippen LogP contribution is 2.34. The van der Waals surface area contributed by atoms with Crippen molar-refractivity contribution >= 4 is 55.5 Å². The van der Waals surface area contributed by atoms with E-state index >= 15 is 0 Å². The lowest BCUT2D eigenvalue weighted by Crippen LogP contribution is -2.10. The van der Waals surface area contributed by atoms with Crippen LogP contribution in [0.1, 0.15) is 0 Å². The van der Waals surface area contributed by atoms with Crippen LogP contribution in [0.2, 0.25) is 0 Å². The van der Waals surface area contributed by atoms with Crippen LogP contribution in [0.15, 0.2) is 21.4 Å². The quantitative estimate of drug-likeness (QED) is 0.275. The lowest BCUT2D eigenvalue weighted by molar-refractivity contribution is -0.693. The molecule has 0 bridgehead atoms. The van der Waals surface area contributed by atoms with Gasteiger partial charge in [0, 0.05) is 6.07 Å². The molecule has 0 saturated carbocycles. The first-order valence-electron chi connectivity index (χ1n) is 7.82. The highest BCUT2D eigenvalue weighted by atomic mass is 16.8. The number of nitrogens with zero attached hydrogens (tertiary/aromatic N) is 10. The van der Waals surface area contributed by atoms with Crippen molar-refractivity contribution in [2.24, 2.45) is 0 Å². The Morgan fingerprint density at radius 3 is 2.13 bits per heavy atom. The average molecular weight is 414 g/mol. The molecular formula is C12H2N10O8. The predicted molar refractivity (Wildman–Crippen MR) is 90.0 cm³/mol. The lowest BCUT2D eigenvalue weighted by atomic mass is 10.2. The van der Waals surface area contributed by atoms with Crippen LogP contribution in [-0.4, -0.2) is 44.5 Å². The molecule has 0 aliphatic rings. The van der Waals surface area contributed by atoms with Crippen LogP contribution in [-0.2, 0) is 0 Å². The molecule has 0 spiro atoms. The van der Waals surface area contributed by atoms with Gasteiger partial charge in [-0.2, -0.15) is 10.1 Å². The Balaban J connectivity index is 1.87. The summed E-state index contributed by atoms with van der Waals surface area (Å²) in [6.45, 7) is 0. The molecule has 4 heterocycles. The van der Waals surface area contributed by atoms with Crippen molar-refractivity contribution in [1.82, 2.24) is 34.7 Å². The van der Waals surface area contributed by atoms with Crippen molar-refractivity contribution in [2.45, 2.75) is 0 Å². The summed E-state index contributed by atoms with van der Waals surface area (Å²) >= 11 is 0. The summed E-state index contributed by atoms with van der Waals surface area (Å²) < 4.78 is 11.0. The maximum Gasteiger partial charge on any atom is 0.357 e. The van der Waals surface area contributed by atoms with Gasteiger partial charge in [0.15, 0.2) is 20.8 Å². The maximum absolute atomic E-state index is 11.8. The fourth-order valence-electron chi connectivity index (χ4n) is 3.38. The van der Waals surface area contributed by atoms with Gasteiger partial charge in [-0.25, -0.2) is 0 Å². The summed E-state index contributed by atoms with van der Waals surface area (Å²) in [6.07, 6.45) is 0. The molecule has 18 heteroatoms. The van der Waals surface area contributed by atoms with E-state index in [0.29, 0.717) is 0 Å². The van der Waals surface area contributed by atoms with Crippen LogP contribution in [0.25, 0.3) is 44.1 Å². The zero-order chi connectivity index (χ0) is 20.9. The van der Waals surface area contributed by atoms with Gasteiger partial charge in [0.05, 0.1) is 15.9 Å². The minimum absolute atomic E-state index is 0.0186. The molecule has 2 aromatic carbocycles. The fraction of sp³-hybridized carbons (Fsp3) is 0. The molecule has 0 radical (unpaired) electrons. The normalized spacial score (nSPS) is 12.1. The smallest absolute Gasteiger partial charge is 0.357 e. The molecule has 30 heavy (non-hydrogen) atoms. The van der Waals surface area contributed by atoms with Crippen LogP contribution in [0.4, 0.5) is 11.4 Å². The second-order valence-electron chi connectivity index (χ2n) is 6.07. The van der Waals surface area contributed by atoms with Gasteiger partial charge < -0.3 is 9.84 Å². The van der Waals surface area contributed by atoms with E-state index in [9.17, 15) is 30.3 Å². The minimum Gasteiger partial charge on any atom is -0.460 e. The van der Waals surface area contributed by atoms with Crippen molar-refractivity contribution in [1.29, 1.82) is 0 Å². The summed E-state index contributed by atoms with van der Waals surface area (Å²) in [4.78, 5) is 32.9. The van der Waals surface area contributed by atoms with Crippen LogP contribution in [0, 0.1) is 30.3 Å². The van der Waals surface area contributed by atoms with Crippen molar-refractivity contribution in [3.8, 4) is 0 Å². The zero-order valence-corrected chi connectivity index (χ0v) is 13.9. The summed E-state index contributed by atoms with van der Waals surface area (Å²) in [5.74, 6) is 0. The van der Waals surface area contributed by atoms with Crippen molar-refractivity contribution in [2.75, 3.05) is 0 Å². The van der Waals surface area contributed by atoms with Gasteiger partial charge in [-0.1, -0.05) is 0 Å². The Morgan fingerprint density at radius 2 is 1.50 bits per heavy atom. The largest absolute Gasteiger partial charge is 0.460 e. The first-order valence-corrected chi connectivity index (χ1v) is 7.82. The van der Waals surface area contributed by atoms with Crippen LogP contribution in [0.3, 0.4) is 0 Å². The van der Waals surface area contributed by atoms with Crippen molar-refractivity contribution in [3.05, 3.63) is 42.5 Å². The summed E-state index contributed by atoms with van der Waals surface area (Å²) in [5, 5.41) is 50.1. The average Bonchev–Trinajstić information content (AvgIpc) is 3.43. The molecule has 0 aliphatic carbocycles. The summed E-state index contributed by atoms with van der Waals surface area (Å²) in [5.41, 5.74) is -2.38. The number of benzene rings is 2. The first-order chi connectivity index (χ1) is 14.4. The van der Waals surface area contributed by atoms with E-state index in [1.54, 1.807) is 0 Å². The molecule has 0 N–H and O–H groups in total. The molecule has 0 fully saturated rings. The first kappa shape index (κ1) is 15.9. The van der Waals surface area contributed by atoms with Gasteiger partial charge in [0.25, 0.3) is 5.69 Å². The van der Waals surface area contributed by atoms with Crippen molar-refractivity contribution in [3.63, 3.8) is 0 Å². The molecule has 0 saturated heterocycles. The van der Waals surface area contributed by atoms with E-state index in [0.717, 1.165) is 21.4 Å². The number of nitro groups is 2. The minimum atomic E-state index is -0.804. The Kier molecular flexibility index (Phi) is 2.54. The van der Waals surface area contributed by atoms with Gasteiger partial charge in [-0.3, -0.25) is 20.2 Å². The summed E-state index contributed by atoms with van der Waals surface area (Å²) in [7, 11) is 0. The SMILES string of the molecule is O=[N+]([O-])c1cc2c(nn3c4cc([N+](=O)[O-])c5c(no[n+]5=O)c4nn23)c2non([O-])c12. The molecule has 148 valence electrons. The molecule has 0 aliphatic heterocycles. The Morgan fingerprint density at radius 1 is 0.900 bits per heavy atom. The number of fused-ring (bicyclic) bond motifs is 9. The summed E-state index contributed by atoms with van der Waals surface area (Å²) in [6, 6.07) is 2.06. The van der Waals surface area contributed by atoms with Crippen molar-refractivity contribution < 1.29 is 23.7 Å². The Bertz CT molecular complexity index is 1800. The van der Waals surface area contributed by atoms with E-state index in [1.807, 2.05) is 0 Å². The molecule has 4 aromatic heterocycles. The number of nitro benzene ring substituents is 2. The molecule has 0 atom stereocenters. The number of rotatable bonds is 2. The third-order valence-corrected chi connectivity index (χ3v) is 4.59. The third kappa shape index (κ3) is 1.67. The predicted octanol–water partition coefficient (Wildman–Crippen LogP) is 0.296. The third-order valence-electron chi connectivity index (χ3n) is 4.59. The number of hydrogen-bond donors (Lipinski definition) is 0. The molecule has 6 aromatic rings. The van der Waals surface area contributed by atoms with Gasteiger partial charge >= 0.3 is 16.7 Å². The van der Waals surface area contributed by atoms with Crippen LogP contribution < -0.4 is 4.60 Å². The van der Waals surface area contributed by atoms with E-state index in [2.05, 4.69) is 29.8 Å². The van der Waals surface area contributed by atoms with Gasteiger partial charge in [0.1, 0.15) is 22.1 Å². The fourth-order valence-corrected chi connectivity index (χ4v) is 3.38. The molecule has 18 nitrogen and oxygen atoms in total. The molecule has 0 amide bonds. The standard InChI is InChI=1S/C12H2N10O8/c23-19(24)5-1-3-7(9-11(5)21(27)29-15-9)13-18-4-2-6(20(25)26)12-10(16-30-22(12)28)8(4)14-17(3)18/h1-2H. The van der Waals surface area contributed by atoms with E-state index < -0.39 is 32.3 Å².